The van der Waals surface area contributed by atoms with Crippen molar-refractivity contribution in [2.45, 2.75) is 51.3 Å². The summed E-state index contributed by atoms with van der Waals surface area (Å²) in [5.74, 6) is 0.0422. The maximum atomic E-state index is 15.1. The van der Waals surface area contributed by atoms with E-state index in [1.54, 1.807) is 11.0 Å². The van der Waals surface area contributed by atoms with Gasteiger partial charge in [0, 0.05) is 24.5 Å². The van der Waals surface area contributed by atoms with Crippen molar-refractivity contribution < 1.29 is 23.4 Å². The Labute approximate surface area is 180 Å². The highest BCUT2D eigenvalue weighted by atomic mass is 19.1. The lowest BCUT2D eigenvalue weighted by atomic mass is 9.91. The number of nitrogens with zero attached hydrogens (tertiary/aromatic N) is 4. The number of piperazine rings is 1. The minimum atomic E-state index is -0.648. The zero-order chi connectivity index (χ0) is 22.5. The third-order valence-corrected chi connectivity index (χ3v) is 5.71. The first-order valence-electron chi connectivity index (χ1n) is 10.3. The summed E-state index contributed by atoms with van der Waals surface area (Å²) in [7, 11) is 2.79. The number of nitrogens with two attached hydrogens (primary N) is 1. The Morgan fingerprint density at radius 2 is 1.87 bits per heavy atom. The molecule has 3 fully saturated rings. The van der Waals surface area contributed by atoms with E-state index in [0.717, 1.165) is 12.8 Å². The summed E-state index contributed by atoms with van der Waals surface area (Å²) in [6, 6.07) is 1.54. The Hall–Kier alpha value is -3.04. The number of hydrogen-bond acceptors (Lipinski definition) is 8. The Bertz CT molecular complexity index is 1030. The minimum absolute atomic E-state index is 0.00225. The van der Waals surface area contributed by atoms with Crippen LogP contribution in [0.5, 0.6) is 11.5 Å². The molecule has 9 nitrogen and oxygen atoms in total. The van der Waals surface area contributed by atoms with E-state index >= 15 is 4.39 Å². The number of carbonyl (C=O) groups is 1. The van der Waals surface area contributed by atoms with Crippen molar-refractivity contribution in [1.29, 1.82) is 0 Å². The second kappa shape index (κ2) is 7.58. The van der Waals surface area contributed by atoms with Crippen LogP contribution in [0.1, 0.15) is 33.6 Å². The van der Waals surface area contributed by atoms with E-state index in [0.29, 0.717) is 24.4 Å². The van der Waals surface area contributed by atoms with Gasteiger partial charge >= 0.3 is 6.09 Å². The molecular formula is C21H28FN5O4. The molecule has 5 rings (SSSR count). The average Bonchev–Trinajstić information content (AvgIpc) is 2.72. The summed E-state index contributed by atoms with van der Waals surface area (Å²) in [5.41, 5.74) is 5.69. The molecule has 0 radical (unpaired) electrons. The zero-order valence-electron chi connectivity index (χ0n) is 18.4. The van der Waals surface area contributed by atoms with Crippen LogP contribution in [0.3, 0.4) is 0 Å². The van der Waals surface area contributed by atoms with Gasteiger partial charge in [0.05, 0.1) is 20.3 Å². The van der Waals surface area contributed by atoms with Gasteiger partial charge in [0.25, 0.3) is 0 Å². The van der Waals surface area contributed by atoms with Gasteiger partial charge in [-0.3, -0.25) is 0 Å². The highest BCUT2D eigenvalue weighted by Gasteiger charge is 2.43. The summed E-state index contributed by atoms with van der Waals surface area (Å²) in [6.07, 6.45) is 1.42. The number of ether oxygens (including phenoxy) is 3. The van der Waals surface area contributed by atoms with Gasteiger partial charge in [-0.05, 0) is 39.7 Å². The molecule has 1 aromatic heterocycles. The van der Waals surface area contributed by atoms with Crippen molar-refractivity contribution >= 4 is 28.8 Å². The van der Waals surface area contributed by atoms with Crippen molar-refractivity contribution in [1.82, 2.24) is 14.9 Å². The van der Waals surface area contributed by atoms with Crippen LogP contribution in [0, 0.1) is 5.82 Å². The van der Waals surface area contributed by atoms with Gasteiger partial charge in [-0.2, -0.15) is 4.98 Å². The molecule has 3 saturated heterocycles. The largest absolute Gasteiger partial charge is 0.493 e. The molecule has 1 amide bonds. The van der Waals surface area contributed by atoms with Crippen molar-refractivity contribution in [3.05, 3.63) is 11.9 Å². The van der Waals surface area contributed by atoms with Gasteiger partial charge in [0.2, 0.25) is 5.95 Å². The van der Waals surface area contributed by atoms with E-state index < -0.39 is 11.4 Å². The molecule has 2 N–H and O–H groups in total. The number of hydrogen-bond donors (Lipinski definition) is 1. The van der Waals surface area contributed by atoms with E-state index in [1.165, 1.54) is 14.2 Å². The number of piperidine rings is 2. The topological polar surface area (TPSA) is 103 Å². The molecule has 2 bridgehead atoms. The fourth-order valence-corrected chi connectivity index (χ4v) is 4.28. The molecule has 2 unspecified atom stereocenters. The number of methoxy groups -OCH3 is 2. The van der Waals surface area contributed by atoms with Crippen molar-refractivity contribution in [3.8, 4) is 11.5 Å². The lowest BCUT2D eigenvalue weighted by Crippen LogP contribution is -2.64. The van der Waals surface area contributed by atoms with Crippen LogP contribution >= 0.6 is 0 Å². The first-order chi connectivity index (χ1) is 14.6. The third-order valence-electron chi connectivity index (χ3n) is 5.71. The SMILES string of the molecule is COc1cc2c(N)nc(N3CC4CCC3CN4C(=O)OC(C)(C)C)nc2c(F)c1OC. The standard InChI is InChI=1S/C21H28FN5O4/c1-21(2,3)31-20(28)27-10-11-6-7-12(27)9-26(11)19-24-16-13(18(23)25-19)8-14(29-4)17(30-5)15(16)22/h8,11-12H,6-7,9-10H2,1-5H3,(H2,23,24,25). The van der Waals surface area contributed by atoms with Gasteiger partial charge in [-0.1, -0.05) is 0 Å². The number of carbonyl (C=O) groups excluding carboxylic acids is 1. The number of amides is 1. The number of anilines is 2. The maximum Gasteiger partial charge on any atom is 0.410 e. The molecule has 2 atom stereocenters. The summed E-state index contributed by atoms with van der Waals surface area (Å²) >= 11 is 0. The predicted octanol–water partition coefficient (Wildman–Crippen LogP) is 2.96. The van der Waals surface area contributed by atoms with Crippen LogP contribution in [0.4, 0.5) is 21.0 Å². The Morgan fingerprint density at radius 3 is 2.45 bits per heavy atom. The van der Waals surface area contributed by atoms with Gasteiger partial charge in [0.1, 0.15) is 16.9 Å². The summed E-state index contributed by atoms with van der Waals surface area (Å²) < 4.78 is 31.0. The highest BCUT2D eigenvalue weighted by Crippen LogP contribution is 2.39. The quantitative estimate of drug-likeness (QED) is 0.788. The average molecular weight is 433 g/mol. The molecule has 31 heavy (non-hydrogen) atoms. The molecule has 0 spiro atoms. The van der Waals surface area contributed by atoms with Crippen molar-refractivity contribution in [3.63, 3.8) is 0 Å². The smallest absolute Gasteiger partial charge is 0.410 e. The zero-order valence-corrected chi connectivity index (χ0v) is 18.4. The van der Waals surface area contributed by atoms with Gasteiger partial charge in [-0.15, -0.1) is 0 Å². The van der Waals surface area contributed by atoms with Crippen LogP contribution in [0.25, 0.3) is 10.9 Å². The van der Waals surface area contributed by atoms with Crippen LogP contribution in [0.2, 0.25) is 0 Å². The highest BCUT2D eigenvalue weighted by molar-refractivity contribution is 5.92. The number of aromatic nitrogens is 2. The van der Waals surface area contributed by atoms with Crippen molar-refractivity contribution in [2.75, 3.05) is 37.9 Å². The van der Waals surface area contributed by atoms with Gasteiger partial charge in [-0.25, -0.2) is 14.2 Å². The first-order valence-corrected chi connectivity index (χ1v) is 10.3. The van der Waals surface area contributed by atoms with Crippen LogP contribution in [-0.2, 0) is 4.74 Å². The molecular weight excluding hydrogens is 405 g/mol. The molecule has 2 aromatic rings. The molecule has 3 aliphatic heterocycles. The van der Waals surface area contributed by atoms with Crippen LogP contribution in [-0.4, -0.2) is 66.0 Å². The summed E-state index contributed by atoms with van der Waals surface area (Å²) in [6.45, 7) is 6.58. The van der Waals surface area contributed by atoms with E-state index in [2.05, 4.69) is 9.97 Å². The predicted molar refractivity (Wildman–Crippen MR) is 114 cm³/mol. The molecule has 168 valence electrons. The molecule has 0 saturated carbocycles. The molecule has 1 aromatic carbocycles. The number of halogens is 1. The Morgan fingerprint density at radius 1 is 1.16 bits per heavy atom. The van der Waals surface area contributed by atoms with Crippen LogP contribution in [0.15, 0.2) is 6.07 Å². The lowest BCUT2D eigenvalue weighted by Gasteiger charge is -2.51. The summed E-state index contributed by atoms with van der Waals surface area (Å²) in [4.78, 5) is 25.3. The second-order valence-electron chi connectivity index (χ2n) is 8.90. The number of fused-ring (bicyclic) bond motifs is 4. The summed E-state index contributed by atoms with van der Waals surface area (Å²) in [5, 5.41) is 0.358. The fourth-order valence-electron chi connectivity index (χ4n) is 4.28. The molecule has 10 heteroatoms. The fraction of sp³-hybridized carbons (Fsp3) is 0.571. The third kappa shape index (κ3) is 3.75. The number of benzene rings is 1. The minimum Gasteiger partial charge on any atom is -0.493 e. The van der Waals surface area contributed by atoms with Gasteiger partial charge in [0.15, 0.2) is 17.3 Å². The lowest BCUT2D eigenvalue weighted by molar-refractivity contribution is 0.000684. The van der Waals surface area contributed by atoms with E-state index in [4.69, 9.17) is 19.9 Å². The molecule has 3 aliphatic rings. The van der Waals surface area contributed by atoms with E-state index in [1.807, 2.05) is 25.7 Å². The Balaban J connectivity index is 1.66. The molecule has 4 heterocycles. The van der Waals surface area contributed by atoms with Crippen molar-refractivity contribution in [2.24, 2.45) is 0 Å². The van der Waals surface area contributed by atoms with Crippen LogP contribution < -0.4 is 20.1 Å². The number of nitrogen functional groups attached to an aromatic ring is 1. The van der Waals surface area contributed by atoms with Gasteiger partial charge < -0.3 is 29.7 Å². The number of rotatable bonds is 3. The second-order valence-corrected chi connectivity index (χ2v) is 8.90. The maximum absolute atomic E-state index is 15.1. The Kier molecular flexibility index (Phi) is 5.18. The van der Waals surface area contributed by atoms with E-state index in [-0.39, 0.29) is 41.0 Å². The van der Waals surface area contributed by atoms with E-state index in [9.17, 15) is 4.79 Å². The normalized spacial score (nSPS) is 20.8. The molecule has 0 aliphatic carbocycles. The first kappa shape index (κ1) is 21.2. The monoisotopic (exact) mass is 433 g/mol.